The van der Waals surface area contributed by atoms with Crippen LogP contribution in [0.25, 0.3) is 0 Å². The van der Waals surface area contributed by atoms with E-state index in [1.54, 1.807) is 18.2 Å². The number of piperidine rings is 1. The molecule has 0 bridgehead atoms. The van der Waals surface area contributed by atoms with Crippen LogP contribution in [0.3, 0.4) is 0 Å². The molecule has 1 saturated heterocycles. The number of ketones is 1. The van der Waals surface area contributed by atoms with Gasteiger partial charge >= 0.3 is 0 Å². The summed E-state index contributed by atoms with van der Waals surface area (Å²) in [5, 5.41) is 0. The summed E-state index contributed by atoms with van der Waals surface area (Å²) in [6.45, 7) is 3.39. The van der Waals surface area contributed by atoms with Gasteiger partial charge in [0.15, 0.2) is 11.5 Å². The minimum Gasteiger partial charge on any atom is -0.454 e. The van der Waals surface area contributed by atoms with Crippen LogP contribution in [0.15, 0.2) is 18.2 Å². The Bertz CT molecular complexity index is 561. The van der Waals surface area contributed by atoms with Gasteiger partial charge in [-0.25, -0.2) is 0 Å². The van der Waals surface area contributed by atoms with Gasteiger partial charge in [-0.05, 0) is 31.0 Å². The number of benzene rings is 1. The van der Waals surface area contributed by atoms with E-state index in [0.717, 1.165) is 12.8 Å². The van der Waals surface area contributed by atoms with Crippen LogP contribution in [0.4, 0.5) is 0 Å². The first-order valence-corrected chi connectivity index (χ1v) is 7.40. The summed E-state index contributed by atoms with van der Waals surface area (Å²) in [6, 6.07) is 5.26. The molecular formula is C16H19NO4. The molecule has 1 amide bonds. The summed E-state index contributed by atoms with van der Waals surface area (Å²) in [5.41, 5.74) is 0.611. The van der Waals surface area contributed by atoms with E-state index in [1.165, 1.54) is 0 Å². The highest BCUT2D eigenvalue weighted by Gasteiger charge is 2.27. The maximum absolute atomic E-state index is 12.5. The molecule has 5 heteroatoms. The highest BCUT2D eigenvalue weighted by atomic mass is 16.7. The van der Waals surface area contributed by atoms with Crippen LogP contribution in [0.2, 0.25) is 0 Å². The predicted octanol–water partition coefficient (Wildman–Crippen LogP) is 2.25. The van der Waals surface area contributed by atoms with E-state index in [-0.39, 0.29) is 18.6 Å². The Hall–Kier alpha value is -2.04. The molecule has 0 saturated carbocycles. The summed E-state index contributed by atoms with van der Waals surface area (Å²) >= 11 is 0. The Morgan fingerprint density at radius 1 is 1.19 bits per heavy atom. The van der Waals surface area contributed by atoms with Crippen molar-refractivity contribution < 1.29 is 19.1 Å². The first kappa shape index (κ1) is 13.9. The SMILES string of the molecule is CCC(=O)C1CCN(C(=O)c2ccc3c(c2)OCO3)CC1. The van der Waals surface area contributed by atoms with E-state index in [1.807, 2.05) is 11.8 Å². The van der Waals surface area contributed by atoms with Crippen LogP contribution < -0.4 is 9.47 Å². The number of carbonyl (C=O) groups excluding carboxylic acids is 2. The molecule has 2 aliphatic rings. The minimum atomic E-state index is -0.00398. The molecule has 0 aliphatic carbocycles. The molecule has 2 aliphatic heterocycles. The van der Waals surface area contributed by atoms with Crippen LogP contribution >= 0.6 is 0 Å². The fourth-order valence-corrected chi connectivity index (χ4v) is 2.91. The van der Waals surface area contributed by atoms with Crippen LogP contribution in [0, 0.1) is 5.92 Å². The third-order valence-electron chi connectivity index (χ3n) is 4.21. The molecule has 0 spiro atoms. The van der Waals surface area contributed by atoms with Crippen LogP contribution in [0.1, 0.15) is 36.5 Å². The fourth-order valence-electron chi connectivity index (χ4n) is 2.91. The van der Waals surface area contributed by atoms with Gasteiger partial charge in [0.05, 0.1) is 0 Å². The number of rotatable bonds is 3. The number of ether oxygens (including phenoxy) is 2. The van der Waals surface area contributed by atoms with E-state index in [9.17, 15) is 9.59 Å². The second kappa shape index (κ2) is 5.76. The van der Waals surface area contributed by atoms with Crippen molar-refractivity contribution in [2.75, 3.05) is 19.9 Å². The molecule has 1 aromatic carbocycles. The maximum atomic E-state index is 12.5. The van der Waals surface area contributed by atoms with Gasteiger partial charge in [0.1, 0.15) is 5.78 Å². The number of carbonyl (C=O) groups is 2. The van der Waals surface area contributed by atoms with Crippen molar-refractivity contribution >= 4 is 11.7 Å². The van der Waals surface area contributed by atoms with Crippen molar-refractivity contribution in [2.24, 2.45) is 5.92 Å². The average molecular weight is 289 g/mol. The molecular weight excluding hydrogens is 270 g/mol. The monoisotopic (exact) mass is 289 g/mol. The van der Waals surface area contributed by atoms with E-state index in [4.69, 9.17) is 9.47 Å². The van der Waals surface area contributed by atoms with Gasteiger partial charge in [-0.2, -0.15) is 0 Å². The second-order valence-electron chi connectivity index (χ2n) is 5.45. The first-order chi connectivity index (χ1) is 10.2. The minimum absolute atomic E-state index is 0.00398. The van der Waals surface area contributed by atoms with E-state index >= 15 is 0 Å². The Morgan fingerprint density at radius 2 is 1.90 bits per heavy atom. The zero-order chi connectivity index (χ0) is 14.8. The van der Waals surface area contributed by atoms with Gasteiger partial charge in [-0.1, -0.05) is 6.92 Å². The third-order valence-corrected chi connectivity index (χ3v) is 4.21. The summed E-state index contributed by atoms with van der Waals surface area (Å²) in [7, 11) is 0. The molecule has 0 N–H and O–H groups in total. The highest BCUT2D eigenvalue weighted by molar-refractivity contribution is 5.95. The van der Waals surface area contributed by atoms with Gasteiger partial charge < -0.3 is 14.4 Å². The van der Waals surface area contributed by atoms with Gasteiger partial charge in [0.25, 0.3) is 5.91 Å². The Balaban J connectivity index is 1.65. The maximum Gasteiger partial charge on any atom is 0.253 e. The molecule has 0 aromatic heterocycles. The van der Waals surface area contributed by atoms with Crippen LogP contribution in [-0.2, 0) is 4.79 Å². The van der Waals surface area contributed by atoms with Crippen LogP contribution in [-0.4, -0.2) is 36.5 Å². The molecule has 0 unspecified atom stereocenters. The molecule has 0 radical (unpaired) electrons. The number of nitrogens with zero attached hydrogens (tertiary/aromatic N) is 1. The van der Waals surface area contributed by atoms with Crippen molar-refractivity contribution in [2.45, 2.75) is 26.2 Å². The number of hydrogen-bond donors (Lipinski definition) is 0. The number of Topliss-reactive ketones (excluding diaryl/α,β-unsaturated/α-hetero) is 1. The zero-order valence-corrected chi connectivity index (χ0v) is 12.1. The topological polar surface area (TPSA) is 55.8 Å². The van der Waals surface area contributed by atoms with Crippen molar-refractivity contribution in [1.82, 2.24) is 4.90 Å². The second-order valence-corrected chi connectivity index (χ2v) is 5.45. The van der Waals surface area contributed by atoms with Gasteiger partial charge in [-0.15, -0.1) is 0 Å². The van der Waals surface area contributed by atoms with Gasteiger partial charge in [0, 0.05) is 31.0 Å². The summed E-state index contributed by atoms with van der Waals surface area (Å²) in [5.74, 6) is 1.73. The molecule has 21 heavy (non-hydrogen) atoms. The summed E-state index contributed by atoms with van der Waals surface area (Å²) in [4.78, 5) is 26.0. The Kier molecular flexibility index (Phi) is 3.82. The normalized spacial score (nSPS) is 17.9. The van der Waals surface area contributed by atoms with Gasteiger partial charge in [0.2, 0.25) is 6.79 Å². The number of hydrogen-bond acceptors (Lipinski definition) is 4. The quantitative estimate of drug-likeness (QED) is 0.856. The Labute approximate surface area is 123 Å². The largest absolute Gasteiger partial charge is 0.454 e. The molecule has 5 nitrogen and oxygen atoms in total. The van der Waals surface area contributed by atoms with Gasteiger partial charge in [-0.3, -0.25) is 9.59 Å². The third kappa shape index (κ3) is 2.73. The Morgan fingerprint density at radius 3 is 2.62 bits per heavy atom. The number of likely N-dealkylation sites (tertiary alicyclic amines) is 1. The lowest BCUT2D eigenvalue weighted by Crippen LogP contribution is -2.40. The van der Waals surface area contributed by atoms with Crippen molar-refractivity contribution in [3.8, 4) is 11.5 Å². The summed E-state index contributed by atoms with van der Waals surface area (Å²) in [6.07, 6.45) is 2.12. The predicted molar refractivity (Wildman–Crippen MR) is 76.5 cm³/mol. The lowest BCUT2D eigenvalue weighted by molar-refractivity contribution is -0.123. The van der Waals surface area contributed by atoms with E-state index in [0.29, 0.717) is 42.4 Å². The van der Waals surface area contributed by atoms with Crippen molar-refractivity contribution in [3.63, 3.8) is 0 Å². The van der Waals surface area contributed by atoms with E-state index < -0.39 is 0 Å². The average Bonchev–Trinajstić information content (AvgIpc) is 3.01. The lowest BCUT2D eigenvalue weighted by atomic mass is 9.91. The van der Waals surface area contributed by atoms with Crippen molar-refractivity contribution in [1.29, 1.82) is 0 Å². The molecule has 3 rings (SSSR count). The van der Waals surface area contributed by atoms with Crippen molar-refractivity contribution in [3.05, 3.63) is 23.8 Å². The zero-order valence-electron chi connectivity index (χ0n) is 12.1. The standard InChI is InChI=1S/C16H19NO4/c1-2-13(18)11-5-7-17(8-6-11)16(19)12-3-4-14-15(9-12)21-10-20-14/h3-4,9,11H,2,5-8,10H2,1H3. The number of amides is 1. The molecule has 1 aromatic rings. The number of fused-ring (bicyclic) bond motifs is 1. The smallest absolute Gasteiger partial charge is 0.253 e. The lowest BCUT2D eigenvalue weighted by Gasteiger charge is -2.31. The fraction of sp³-hybridized carbons (Fsp3) is 0.500. The molecule has 0 atom stereocenters. The van der Waals surface area contributed by atoms with Crippen LogP contribution in [0.5, 0.6) is 11.5 Å². The summed E-state index contributed by atoms with van der Waals surface area (Å²) < 4.78 is 10.5. The highest BCUT2D eigenvalue weighted by Crippen LogP contribution is 2.33. The molecule has 2 heterocycles. The van der Waals surface area contributed by atoms with E-state index in [2.05, 4.69) is 0 Å². The molecule has 1 fully saturated rings. The first-order valence-electron chi connectivity index (χ1n) is 7.40. The molecule has 112 valence electrons.